The summed E-state index contributed by atoms with van der Waals surface area (Å²) in [5.74, 6) is 1.53. The van der Waals surface area contributed by atoms with E-state index in [2.05, 4.69) is 0 Å². The molecule has 0 aliphatic carbocycles. The molecule has 0 N–H and O–H groups in total. The zero-order valence-electron chi connectivity index (χ0n) is 9.71. The molecular weight excluding hydrogens is 228 g/mol. The molecule has 0 amide bonds. The van der Waals surface area contributed by atoms with Gasteiger partial charge in [0.1, 0.15) is 12.9 Å². The summed E-state index contributed by atoms with van der Waals surface area (Å²) in [7, 11) is 0. The molecular formula is C15H12O3. The Morgan fingerprint density at radius 3 is 2.44 bits per heavy atom. The SMILES string of the molecule is O=Cc1ccc(C2COc3ccccc3O2)cc1. The van der Waals surface area contributed by atoms with Gasteiger partial charge in [-0.25, -0.2) is 0 Å². The van der Waals surface area contributed by atoms with E-state index in [1.807, 2.05) is 36.4 Å². The van der Waals surface area contributed by atoms with Crippen LogP contribution in [0.5, 0.6) is 11.5 Å². The number of para-hydroxylation sites is 2. The van der Waals surface area contributed by atoms with Crippen LogP contribution in [0.15, 0.2) is 48.5 Å². The molecule has 3 rings (SSSR count). The monoisotopic (exact) mass is 240 g/mol. The molecule has 2 aromatic rings. The van der Waals surface area contributed by atoms with Crippen LogP contribution in [-0.4, -0.2) is 12.9 Å². The van der Waals surface area contributed by atoms with Crippen molar-refractivity contribution < 1.29 is 14.3 Å². The third-order valence-corrected chi connectivity index (χ3v) is 2.95. The van der Waals surface area contributed by atoms with Crippen molar-refractivity contribution in [3.05, 3.63) is 59.7 Å². The van der Waals surface area contributed by atoms with Gasteiger partial charge in [0.25, 0.3) is 0 Å². The van der Waals surface area contributed by atoms with Crippen LogP contribution < -0.4 is 9.47 Å². The van der Waals surface area contributed by atoms with E-state index in [0.29, 0.717) is 12.2 Å². The van der Waals surface area contributed by atoms with Crippen molar-refractivity contribution in [1.29, 1.82) is 0 Å². The first-order valence-electron chi connectivity index (χ1n) is 5.80. The van der Waals surface area contributed by atoms with Crippen LogP contribution in [0.3, 0.4) is 0 Å². The number of ether oxygens (including phenoxy) is 2. The van der Waals surface area contributed by atoms with Gasteiger partial charge in [-0.05, 0) is 17.7 Å². The number of carbonyl (C=O) groups is 1. The topological polar surface area (TPSA) is 35.5 Å². The van der Waals surface area contributed by atoms with Gasteiger partial charge < -0.3 is 9.47 Å². The summed E-state index contributed by atoms with van der Waals surface area (Å²) >= 11 is 0. The van der Waals surface area contributed by atoms with Gasteiger partial charge in [-0.2, -0.15) is 0 Å². The highest BCUT2D eigenvalue weighted by Crippen LogP contribution is 2.35. The summed E-state index contributed by atoms with van der Waals surface area (Å²) in [4.78, 5) is 10.6. The molecule has 3 nitrogen and oxygen atoms in total. The minimum absolute atomic E-state index is 0.124. The summed E-state index contributed by atoms with van der Waals surface area (Å²) in [6, 6.07) is 15.0. The van der Waals surface area contributed by atoms with E-state index in [0.717, 1.165) is 23.3 Å². The van der Waals surface area contributed by atoms with E-state index in [1.54, 1.807) is 12.1 Å². The van der Waals surface area contributed by atoms with Crippen LogP contribution >= 0.6 is 0 Å². The van der Waals surface area contributed by atoms with Crippen molar-refractivity contribution in [3.8, 4) is 11.5 Å². The van der Waals surface area contributed by atoms with Gasteiger partial charge in [0.15, 0.2) is 17.6 Å². The second-order valence-corrected chi connectivity index (χ2v) is 4.15. The summed E-state index contributed by atoms with van der Waals surface area (Å²) in [5.41, 5.74) is 1.67. The fourth-order valence-corrected chi connectivity index (χ4v) is 1.97. The van der Waals surface area contributed by atoms with Crippen LogP contribution in [0.1, 0.15) is 22.0 Å². The van der Waals surface area contributed by atoms with Gasteiger partial charge in [-0.3, -0.25) is 4.79 Å². The Hall–Kier alpha value is -2.29. The number of aldehydes is 1. The smallest absolute Gasteiger partial charge is 0.162 e. The zero-order valence-corrected chi connectivity index (χ0v) is 9.71. The molecule has 0 radical (unpaired) electrons. The fraction of sp³-hybridized carbons (Fsp3) is 0.133. The number of hydrogen-bond acceptors (Lipinski definition) is 3. The van der Waals surface area contributed by atoms with Crippen molar-refractivity contribution in [2.75, 3.05) is 6.61 Å². The molecule has 3 heteroatoms. The minimum Gasteiger partial charge on any atom is -0.485 e. The highest BCUT2D eigenvalue weighted by Gasteiger charge is 2.21. The normalized spacial score (nSPS) is 17.2. The lowest BCUT2D eigenvalue weighted by Gasteiger charge is -2.26. The van der Waals surface area contributed by atoms with Crippen LogP contribution in [0, 0.1) is 0 Å². The first kappa shape index (κ1) is 10.8. The second kappa shape index (κ2) is 4.53. The average molecular weight is 240 g/mol. The molecule has 1 aliphatic rings. The standard InChI is InChI=1S/C15H12O3/c16-9-11-5-7-12(8-6-11)15-10-17-13-3-1-2-4-14(13)18-15/h1-9,15H,10H2. The maximum atomic E-state index is 10.6. The van der Waals surface area contributed by atoms with Crippen molar-refractivity contribution in [3.63, 3.8) is 0 Å². The number of benzene rings is 2. The molecule has 90 valence electrons. The van der Waals surface area contributed by atoms with Crippen molar-refractivity contribution in [1.82, 2.24) is 0 Å². The molecule has 0 spiro atoms. The highest BCUT2D eigenvalue weighted by molar-refractivity contribution is 5.74. The van der Waals surface area contributed by atoms with Crippen LogP contribution in [0.25, 0.3) is 0 Å². The fourth-order valence-electron chi connectivity index (χ4n) is 1.97. The van der Waals surface area contributed by atoms with Crippen LogP contribution in [-0.2, 0) is 0 Å². The van der Waals surface area contributed by atoms with Crippen molar-refractivity contribution in [2.45, 2.75) is 6.10 Å². The summed E-state index contributed by atoms with van der Waals surface area (Å²) < 4.78 is 11.5. The third-order valence-electron chi connectivity index (χ3n) is 2.95. The molecule has 0 saturated heterocycles. The first-order chi connectivity index (χ1) is 8.86. The number of hydrogen-bond donors (Lipinski definition) is 0. The van der Waals surface area contributed by atoms with Crippen LogP contribution in [0.4, 0.5) is 0 Å². The summed E-state index contributed by atoms with van der Waals surface area (Å²) in [6.07, 6.45) is 0.706. The highest BCUT2D eigenvalue weighted by atomic mass is 16.6. The Balaban J connectivity index is 1.84. The molecule has 1 atom stereocenters. The Morgan fingerprint density at radius 1 is 1.00 bits per heavy atom. The number of carbonyl (C=O) groups excluding carboxylic acids is 1. The quantitative estimate of drug-likeness (QED) is 0.757. The lowest BCUT2D eigenvalue weighted by Crippen LogP contribution is -2.21. The van der Waals surface area contributed by atoms with E-state index < -0.39 is 0 Å². The molecule has 0 fully saturated rings. The van der Waals surface area contributed by atoms with Gasteiger partial charge in [-0.1, -0.05) is 36.4 Å². The molecule has 1 aliphatic heterocycles. The average Bonchev–Trinajstić information content (AvgIpc) is 2.47. The maximum Gasteiger partial charge on any atom is 0.162 e. The van der Waals surface area contributed by atoms with Gasteiger partial charge in [-0.15, -0.1) is 0 Å². The van der Waals surface area contributed by atoms with E-state index in [9.17, 15) is 4.79 Å². The largest absolute Gasteiger partial charge is 0.485 e. The lowest BCUT2D eigenvalue weighted by atomic mass is 10.1. The van der Waals surface area contributed by atoms with Crippen molar-refractivity contribution in [2.24, 2.45) is 0 Å². The third kappa shape index (κ3) is 1.95. The Kier molecular flexibility index (Phi) is 2.73. The van der Waals surface area contributed by atoms with E-state index >= 15 is 0 Å². The Bertz CT molecular complexity index is 560. The molecule has 1 unspecified atom stereocenters. The summed E-state index contributed by atoms with van der Waals surface area (Å²) in [5, 5.41) is 0. The molecule has 18 heavy (non-hydrogen) atoms. The molecule has 0 bridgehead atoms. The minimum atomic E-state index is -0.124. The van der Waals surface area contributed by atoms with Crippen molar-refractivity contribution >= 4 is 6.29 Å². The summed E-state index contributed by atoms with van der Waals surface area (Å²) in [6.45, 7) is 0.484. The van der Waals surface area contributed by atoms with E-state index in [-0.39, 0.29) is 6.10 Å². The predicted octanol–water partition coefficient (Wildman–Crippen LogP) is 3.01. The zero-order chi connectivity index (χ0) is 12.4. The van der Waals surface area contributed by atoms with Gasteiger partial charge in [0, 0.05) is 5.56 Å². The molecule has 2 aromatic carbocycles. The van der Waals surface area contributed by atoms with Gasteiger partial charge in [0.2, 0.25) is 0 Å². The second-order valence-electron chi connectivity index (χ2n) is 4.15. The first-order valence-corrected chi connectivity index (χ1v) is 5.80. The predicted molar refractivity (Wildman–Crippen MR) is 67.1 cm³/mol. The van der Waals surface area contributed by atoms with E-state index in [4.69, 9.17) is 9.47 Å². The van der Waals surface area contributed by atoms with E-state index in [1.165, 1.54) is 0 Å². The van der Waals surface area contributed by atoms with Crippen LogP contribution in [0.2, 0.25) is 0 Å². The molecule has 0 aromatic heterocycles. The number of fused-ring (bicyclic) bond motifs is 1. The van der Waals surface area contributed by atoms with Gasteiger partial charge in [0.05, 0.1) is 0 Å². The Labute approximate surface area is 105 Å². The molecule has 1 heterocycles. The maximum absolute atomic E-state index is 10.6. The lowest BCUT2D eigenvalue weighted by molar-refractivity contribution is 0.0912. The Morgan fingerprint density at radius 2 is 1.72 bits per heavy atom. The number of rotatable bonds is 2. The van der Waals surface area contributed by atoms with Gasteiger partial charge >= 0.3 is 0 Å². The molecule has 0 saturated carbocycles.